The third kappa shape index (κ3) is 5.26. The molecular weight excluding hydrogens is 887 g/mol. The Bertz CT molecular complexity index is 2200. The summed E-state index contributed by atoms with van der Waals surface area (Å²) in [5.74, 6) is 10.1. The summed E-state index contributed by atoms with van der Waals surface area (Å²) in [5.41, 5.74) is 9.63. The molecule has 0 fully saturated rings. The minimum absolute atomic E-state index is 0. The second kappa shape index (κ2) is 12.7. The van der Waals surface area contributed by atoms with E-state index in [1.54, 1.807) is 8.79 Å². The van der Waals surface area contributed by atoms with Gasteiger partial charge in [0, 0.05) is 0 Å². The number of nitrogens with zero attached hydrogens (tertiary/aromatic N) is 3. The molecule has 2 aliphatic rings. The van der Waals surface area contributed by atoms with Crippen LogP contribution in [0.4, 0.5) is 17.1 Å². The molecular formula is C42H36Ge2N3Pt+. The minimum atomic E-state index is -2.33. The van der Waals surface area contributed by atoms with Gasteiger partial charge in [-0.3, -0.25) is 4.57 Å². The quantitative estimate of drug-likeness (QED) is 0.105. The van der Waals surface area contributed by atoms with Crippen LogP contribution in [-0.4, -0.2) is 31.1 Å². The Morgan fingerprint density at radius 3 is 1.73 bits per heavy atom. The minimum Gasteiger partial charge on any atom is 4.00 e. The molecule has 6 aromatic carbocycles. The van der Waals surface area contributed by atoms with Crippen molar-refractivity contribution in [3.8, 4) is 11.4 Å². The molecule has 2 aliphatic heterocycles. The topological polar surface area (TPSA) is 12.0 Å². The van der Waals surface area contributed by atoms with Crippen LogP contribution in [0.25, 0.3) is 22.4 Å². The van der Waals surface area contributed by atoms with Crippen LogP contribution in [0.5, 0.6) is 0 Å². The second-order valence-electron chi connectivity index (χ2n) is 13.5. The summed E-state index contributed by atoms with van der Waals surface area (Å²) < 4.78 is 10.4. The van der Waals surface area contributed by atoms with Gasteiger partial charge in [0.05, 0.1) is 16.7 Å². The Balaban J connectivity index is 0.000000150. The first-order valence-electron chi connectivity index (χ1n) is 16.2. The average Bonchev–Trinajstić information content (AvgIpc) is 3.49. The summed E-state index contributed by atoms with van der Waals surface area (Å²) in [6, 6.07) is 55.4. The number of hydrogen-bond donors (Lipinski definition) is 0. The van der Waals surface area contributed by atoms with Gasteiger partial charge in [-0.05, 0) is 24.7 Å². The van der Waals surface area contributed by atoms with E-state index in [-0.39, 0.29) is 21.1 Å². The van der Waals surface area contributed by atoms with Crippen molar-refractivity contribution in [1.82, 2.24) is 4.57 Å². The van der Waals surface area contributed by atoms with Gasteiger partial charge in [-0.1, -0.05) is 42.0 Å². The maximum atomic E-state index is 3.59. The summed E-state index contributed by atoms with van der Waals surface area (Å²) in [6.45, 7) is 2.10. The molecule has 0 N–H and O–H groups in total. The van der Waals surface area contributed by atoms with Crippen molar-refractivity contribution >= 4 is 72.2 Å². The fourth-order valence-electron chi connectivity index (χ4n) is 7.30. The maximum Gasteiger partial charge on any atom is 4.00 e. The van der Waals surface area contributed by atoms with Gasteiger partial charge < -0.3 is 4.57 Å². The van der Waals surface area contributed by atoms with Gasteiger partial charge in [0.1, 0.15) is 0 Å². The van der Waals surface area contributed by atoms with Gasteiger partial charge in [0.15, 0.2) is 0 Å². The third-order valence-corrected chi connectivity index (χ3v) is 24.5. The van der Waals surface area contributed by atoms with Crippen LogP contribution in [0.3, 0.4) is 0 Å². The van der Waals surface area contributed by atoms with Crippen LogP contribution in [-0.2, 0) is 21.1 Å². The predicted molar refractivity (Wildman–Crippen MR) is 200 cm³/mol. The molecule has 0 amide bonds. The van der Waals surface area contributed by atoms with Crippen LogP contribution in [0.15, 0.2) is 127 Å². The van der Waals surface area contributed by atoms with Crippen molar-refractivity contribution in [1.29, 1.82) is 0 Å². The number of fused-ring (bicyclic) bond motifs is 5. The molecule has 0 aliphatic carbocycles. The largest absolute Gasteiger partial charge is 4.00 e. The number of benzene rings is 6. The van der Waals surface area contributed by atoms with E-state index in [1.807, 2.05) is 24.3 Å². The molecule has 3 nitrogen and oxygen atoms in total. The van der Waals surface area contributed by atoms with Gasteiger partial charge in [-0.25, -0.2) is 0 Å². The molecule has 7 aromatic rings. The van der Waals surface area contributed by atoms with E-state index in [2.05, 4.69) is 172 Å². The molecule has 1 aromatic heterocycles. The van der Waals surface area contributed by atoms with Crippen molar-refractivity contribution in [3.63, 3.8) is 0 Å². The molecule has 236 valence electrons. The summed E-state index contributed by atoms with van der Waals surface area (Å²) >= 11 is -4.66. The van der Waals surface area contributed by atoms with E-state index in [4.69, 9.17) is 0 Å². The van der Waals surface area contributed by atoms with Crippen molar-refractivity contribution < 1.29 is 25.6 Å². The zero-order valence-corrected chi connectivity index (χ0v) is 34.3. The van der Waals surface area contributed by atoms with Crippen LogP contribution in [0, 0.1) is 31.5 Å². The van der Waals surface area contributed by atoms with E-state index < -0.39 is 26.5 Å². The van der Waals surface area contributed by atoms with Crippen molar-refractivity contribution in [2.24, 2.45) is 0 Å². The SMILES string of the molecule is Cc1ccc(-[n+]2[c-]n(-c3[c-]cccc3)c3ccccc32)cc1.[CH3][Ge]1([CH3])[c]2ccc[c-]c2N2c3[c-]ccc[c]3[Ge]([CH3])([CH3])[c]3ccc[c]1c32.[Pt+4]. The zero-order chi connectivity index (χ0) is 32.3. The smallest absolute Gasteiger partial charge is 4.00 e. The number of aryl methyl sites for hydroxylation is 1. The van der Waals surface area contributed by atoms with Gasteiger partial charge >= 0.3 is 177 Å². The Hall–Kier alpha value is -3.64. The zero-order valence-electron chi connectivity index (χ0n) is 27.8. The molecule has 0 saturated carbocycles. The molecule has 3 heterocycles. The maximum absolute atomic E-state index is 3.59. The Labute approximate surface area is 303 Å². The Kier molecular flexibility index (Phi) is 8.68. The molecule has 0 saturated heterocycles. The summed E-state index contributed by atoms with van der Waals surface area (Å²) in [6.07, 6.45) is 3.44. The number of rotatable bonds is 2. The molecule has 6 heteroatoms. The van der Waals surface area contributed by atoms with E-state index in [9.17, 15) is 0 Å². The van der Waals surface area contributed by atoms with Gasteiger partial charge in [-0.15, -0.1) is 0 Å². The number of aromatic nitrogens is 2. The van der Waals surface area contributed by atoms with E-state index in [0.717, 1.165) is 22.4 Å². The normalized spacial score (nSPS) is 14.5. The predicted octanol–water partition coefficient (Wildman–Crippen LogP) is 6.84. The third-order valence-electron chi connectivity index (χ3n) is 9.86. The Morgan fingerprint density at radius 2 is 1.12 bits per heavy atom. The fraction of sp³-hybridized carbons (Fsp3) is 0.119. The fourth-order valence-corrected chi connectivity index (χ4v) is 20.1. The summed E-state index contributed by atoms with van der Waals surface area (Å²) in [7, 11) is 0. The average molecular weight is 923 g/mol. The Morgan fingerprint density at radius 1 is 0.562 bits per heavy atom. The standard InChI is InChI=1S/C22H21Ge2N.C20H15N2.Pt/c1-23(2)16-10-5-7-14-20(16)25-21-15-8-6-11-17(21)24(3,4)19-13-9-12-18(23)22(19)25;1-16-11-13-18(14-12-16)22-15-21(17-7-3-2-4-8-17)19-9-5-6-10-20(19)22;/h5-13H,1-4H3;2-7,9-14H,1H3;/q-2;-1;+4. The van der Waals surface area contributed by atoms with Crippen LogP contribution >= 0.6 is 0 Å². The van der Waals surface area contributed by atoms with Gasteiger partial charge in [-0.2, -0.15) is 30.3 Å². The van der Waals surface area contributed by atoms with E-state index >= 15 is 0 Å². The first-order valence-corrected chi connectivity index (χ1v) is 28.8. The molecule has 48 heavy (non-hydrogen) atoms. The van der Waals surface area contributed by atoms with Gasteiger partial charge in [0.25, 0.3) is 6.33 Å². The summed E-state index contributed by atoms with van der Waals surface area (Å²) in [4.78, 5) is 2.47. The first kappa shape index (κ1) is 32.9. The molecule has 9 rings (SSSR count). The van der Waals surface area contributed by atoms with E-state index in [1.165, 1.54) is 31.4 Å². The van der Waals surface area contributed by atoms with Crippen LogP contribution in [0.2, 0.25) is 23.0 Å². The second-order valence-corrected chi connectivity index (χ2v) is 31.7. The monoisotopic (exact) mass is 925 g/mol. The molecule has 0 atom stereocenters. The molecule has 0 bridgehead atoms. The van der Waals surface area contributed by atoms with Crippen LogP contribution < -0.4 is 27.1 Å². The number of imidazole rings is 1. The number of para-hydroxylation sites is 6. The molecule has 0 radical (unpaired) electrons. The first-order chi connectivity index (χ1) is 22.8. The van der Waals surface area contributed by atoms with Crippen molar-refractivity contribution in [3.05, 3.63) is 157 Å². The number of anilines is 3. The van der Waals surface area contributed by atoms with E-state index in [0.29, 0.717) is 0 Å². The summed E-state index contributed by atoms with van der Waals surface area (Å²) in [5, 5.41) is 0. The van der Waals surface area contributed by atoms with Crippen molar-refractivity contribution in [2.75, 3.05) is 4.90 Å². The molecule has 0 unspecified atom stereocenters. The number of hydrogen-bond acceptors (Lipinski definition) is 1. The molecule has 0 spiro atoms. The van der Waals surface area contributed by atoms with Crippen LogP contribution in [0.1, 0.15) is 5.56 Å². The van der Waals surface area contributed by atoms with Gasteiger partial charge in [0.2, 0.25) is 0 Å². The van der Waals surface area contributed by atoms with Crippen molar-refractivity contribution in [2.45, 2.75) is 29.9 Å².